The monoisotopic (exact) mass is 363 g/mol. The average Bonchev–Trinajstić information content (AvgIpc) is 2.61. The first-order chi connectivity index (χ1) is 12.0. The van der Waals surface area contributed by atoms with E-state index in [2.05, 4.69) is 5.32 Å². The summed E-state index contributed by atoms with van der Waals surface area (Å²) in [5, 5.41) is 3.03. The molecule has 0 aliphatic rings. The number of ether oxygens (including phenoxy) is 3. The second kappa shape index (κ2) is 8.94. The fourth-order valence-electron chi connectivity index (χ4n) is 1.93. The smallest absolute Gasteiger partial charge is 0.344 e. The van der Waals surface area contributed by atoms with Crippen LogP contribution in [0, 0.1) is 0 Å². The molecule has 2 rings (SSSR count). The molecular formula is C18H18ClNO5. The number of methoxy groups -OCH3 is 1. The summed E-state index contributed by atoms with van der Waals surface area (Å²) >= 11 is 5.93. The number of carbonyl (C=O) groups is 2. The maximum absolute atomic E-state index is 12.1. The standard InChI is InChI=1S/C18H18ClNO5/c1-12(18(22)20-13-6-5-7-14(10-13)23-2)25-17(21)11-24-16-9-4-3-8-15(16)19/h3-10,12H,11H2,1-2H3,(H,20,22)/t12-/m1/s1. The third-order valence-corrected chi connectivity index (χ3v) is 3.51. The lowest BCUT2D eigenvalue weighted by Gasteiger charge is -2.14. The molecule has 2 aromatic carbocycles. The van der Waals surface area contributed by atoms with Crippen molar-refractivity contribution in [2.24, 2.45) is 0 Å². The van der Waals surface area contributed by atoms with Gasteiger partial charge in [0.1, 0.15) is 11.5 Å². The number of hydrogen-bond donors (Lipinski definition) is 1. The number of amides is 1. The van der Waals surface area contributed by atoms with Crippen LogP contribution in [0.5, 0.6) is 11.5 Å². The molecule has 0 heterocycles. The summed E-state index contributed by atoms with van der Waals surface area (Å²) in [6.45, 7) is 1.13. The number of esters is 1. The Hall–Kier alpha value is -2.73. The third-order valence-electron chi connectivity index (χ3n) is 3.20. The molecule has 0 fully saturated rings. The highest BCUT2D eigenvalue weighted by Gasteiger charge is 2.18. The molecule has 1 amide bonds. The third kappa shape index (κ3) is 5.69. The van der Waals surface area contributed by atoms with Crippen LogP contribution < -0.4 is 14.8 Å². The van der Waals surface area contributed by atoms with Crippen molar-refractivity contribution in [1.82, 2.24) is 0 Å². The molecule has 0 bridgehead atoms. The number of carbonyl (C=O) groups excluding carboxylic acids is 2. The van der Waals surface area contributed by atoms with E-state index in [0.717, 1.165) is 0 Å². The van der Waals surface area contributed by atoms with Crippen molar-refractivity contribution in [2.75, 3.05) is 19.0 Å². The lowest BCUT2D eigenvalue weighted by Crippen LogP contribution is -2.31. The van der Waals surface area contributed by atoms with Crippen molar-refractivity contribution >= 4 is 29.2 Å². The first kappa shape index (κ1) is 18.6. The first-order valence-corrected chi connectivity index (χ1v) is 7.89. The highest BCUT2D eigenvalue weighted by atomic mass is 35.5. The molecule has 0 unspecified atom stereocenters. The van der Waals surface area contributed by atoms with Crippen LogP contribution in [0.2, 0.25) is 5.02 Å². The molecule has 1 atom stereocenters. The van der Waals surface area contributed by atoms with E-state index in [1.807, 2.05) is 0 Å². The Morgan fingerprint density at radius 3 is 2.64 bits per heavy atom. The lowest BCUT2D eigenvalue weighted by molar-refractivity contribution is -0.155. The van der Waals surface area contributed by atoms with Crippen LogP contribution in [0.25, 0.3) is 0 Å². The van der Waals surface area contributed by atoms with Gasteiger partial charge in [0.15, 0.2) is 12.7 Å². The van der Waals surface area contributed by atoms with Crippen LogP contribution in [0.15, 0.2) is 48.5 Å². The van der Waals surface area contributed by atoms with Crippen LogP contribution in [0.3, 0.4) is 0 Å². The average molecular weight is 364 g/mol. The van der Waals surface area contributed by atoms with E-state index in [1.54, 1.807) is 48.5 Å². The fourth-order valence-corrected chi connectivity index (χ4v) is 2.12. The Bertz CT molecular complexity index is 750. The fraction of sp³-hybridized carbons (Fsp3) is 0.222. The van der Waals surface area contributed by atoms with Crippen molar-refractivity contribution in [3.05, 3.63) is 53.6 Å². The summed E-state index contributed by atoms with van der Waals surface area (Å²) in [4.78, 5) is 23.9. The minimum Gasteiger partial charge on any atom is -0.497 e. The maximum Gasteiger partial charge on any atom is 0.344 e. The largest absolute Gasteiger partial charge is 0.497 e. The Labute approximate surface area is 150 Å². The number of anilines is 1. The molecule has 0 saturated heterocycles. The Balaban J connectivity index is 1.83. The molecule has 0 aliphatic heterocycles. The molecular weight excluding hydrogens is 346 g/mol. The molecule has 0 aliphatic carbocycles. The van der Waals surface area contributed by atoms with Gasteiger partial charge >= 0.3 is 5.97 Å². The van der Waals surface area contributed by atoms with E-state index in [1.165, 1.54) is 14.0 Å². The van der Waals surface area contributed by atoms with E-state index in [-0.39, 0.29) is 6.61 Å². The molecule has 7 heteroatoms. The van der Waals surface area contributed by atoms with Crippen LogP contribution in [-0.4, -0.2) is 31.7 Å². The zero-order valence-corrected chi connectivity index (χ0v) is 14.6. The highest BCUT2D eigenvalue weighted by molar-refractivity contribution is 6.32. The Morgan fingerprint density at radius 2 is 1.92 bits per heavy atom. The zero-order chi connectivity index (χ0) is 18.2. The van der Waals surface area contributed by atoms with Gasteiger partial charge in [-0.3, -0.25) is 4.79 Å². The molecule has 0 aromatic heterocycles. The summed E-state index contributed by atoms with van der Waals surface area (Å²) in [7, 11) is 1.53. The molecule has 132 valence electrons. The molecule has 0 radical (unpaired) electrons. The van der Waals surface area contributed by atoms with Crippen LogP contribution in [-0.2, 0) is 14.3 Å². The number of benzene rings is 2. The van der Waals surface area contributed by atoms with Gasteiger partial charge in [-0.05, 0) is 31.2 Å². The molecule has 0 saturated carbocycles. The minimum atomic E-state index is -0.978. The number of rotatable bonds is 7. The molecule has 1 N–H and O–H groups in total. The summed E-state index contributed by atoms with van der Waals surface area (Å²) in [6, 6.07) is 13.6. The summed E-state index contributed by atoms with van der Waals surface area (Å²) in [6.07, 6.45) is -0.978. The predicted molar refractivity (Wildman–Crippen MR) is 94.1 cm³/mol. The summed E-state index contributed by atoms with van der Waals surface area (Å²) in [5.41, 5.74) is 0.541. The van der Waals surface area contributed by atoms with Gasteiger partial charge < -0.3 is 19.5 Å². The predicted octanol–water partition coefficient (Wildman–Crippen LogP) is 3.30. The van der Waals surface area contributed by atoms with Crippen LogP contribution in [0.1, 0.15) is 6.92 Å². The van der Waals surface area contributed by atoms with E-state index >= 15 is 0 Å². The SMILES string of the molecule is COc1cccc(NC(=O)[C@@H](C)OC(=O)COc2ccccc2Cl)c1. The van der Waals surface area contributed by atoms with Gasteiger partial charge in [0.05, 0.1) is 12.1 Å². The Morgan fingerprint density at radius 1 is 1.16 bits per heavy atom. The minimum absolute atomic E-state index is 0.347. The number of hydrogen-bond acceptors (Lipinski definition) is 5. The molecule has 0 spiro atoms. The van der Waals surface area contributed by atoms with Gasteiger partial charge in [0.2, 0.25) is 0 Å². The van der Waals surface area contributed by atoms with Gasteiger partial charge in [-0.25, -0.2) is 4.79 Å². The van der Waals surface area contributed by atoms with E-state index < -0.39 is 18.0 Å². The van der Waals surface area contributed by atoms with Crippen LogP contribution >= 0.6 is 11.6 Å². The first-order valence-electron chi connectivity index (χ1n) is 7.51. The summed E-state index contributed by atoms with van der Waals surface area (Å²) in [5.74, 6) is -0.155. The zero-order valence-electron chi connectivity index (χ0n) is 13.8. The van der Waals surface area contributed by atoms with Crippen molar-refractivity contribution in [1.29, 1.82) is 0 Å². The van der Waals surface area contributed by atoms with Crippen molar-refractivity contribution < 1.29 is 23.8 Å². The molecule has 25 heavy (non-hydrogen) atoms. The lowest BCUT2D eigenvalue weighted by atomic mass is 10.3. The normalized spacial score (nSPS) is 11.3. The van der Waals surface area contributed by atoms with Crippen molar-refractivity contribution in [3.63, 3.8) is 0 Å². The second-order valence-corrected chi connectivity index (χ2v) is 5.48. The van der Waals surface area contributed by atoms with Gasteiger partial charge in [0.25, 0.3) is 5.91 Å². The number of nitrogens with one attached hydrogen (secondary N) is 1. The number of para-hydroxylation sites is 1. The molecule has 2 aromatic rings. The number of halogens is 1. The Kier molecular flexibility index (Phi) is 6.65. The van der Waals surface area contributed by atoms with Crippen LogP contribution in [0.4, 0.5) is 5.69 Å². The van der Waals surface area contributed by atoms with Gasteiger partial charge in [-0.15, -0.1) is 0 Å². The summed E-state index contributed by atoms with van der Waals surface area (Å²) < 4.78 is 15.4. The van der Waals surface area contributed by atoms with Crippen molar-refractivity contribution in [2.45, 2.75) is 13.0 Å². The van der Waals surface area contributed by atoms with Crippen molar-refractivity contribution in [3.8, 4) is 11.5 Å². The second-order valence-electron chi connectivity index (χ2n) is 5.07. The topological polar surface area (TPSA) is 73.9 Å². The van der Waals surface area contributed by atoms with E-state index in [0.29, 0.717) is 22.2 Å². The van der Waals surface area contributed by atoms with Gasteiger partial charge in [0, 0.05) is 11.8 Å². The molecule has 6 nitrogen and oxygen atoms in total. The van der Waals surface area contributed by atoms with E-state index in [9.17, 15) is 9.59 Å². The van der Waals surface area contributed by atoms with Gasteiger partial charge in [-0.1, -0.05) is 29.8 Å². The quantitative estimate of drug-likeness (QED) is 0.764. The van der Waals surface area contributed by atoms with Gasteiger partial charge in [-0.2, -0.15) is 0 Å². The maximum atomic E-state index is 12.1. The van der Waals surface area contributed by atoms with E-state index in [4.69, 9.17) is 25.8 Å². The highest BCUT2D eigenvalue weighted by Crippen LogP contribution is 2.23.